The number of ether oxygens (including phenoxy) is 2. The number of hydrogen-bond acceptors (Lipinski definition) is 4. The molecule has 120 valence electrons. The summed E-state index contributed by atoms with van der Waals surface area (Å²) < 4.78 is 12.2. The normalized spacial score (nSPS) is 23.3. The van der Waals surface area contributed by atoms with Gasteiger partial charge in [0.2, 0.25) is 0 Å². The highest BCUT2D eigenvalue weighted by molar-refractivity contribution is 6.31. The number of piperazine rings is 1. The summed E-state index contributed by atoms with van der Waals surface area (Å²) in [5.41, 5.74) is 1.16. The van der Waals surface area contributed by atoms with Crippen LogP contribution in [0.15, 0.2) is 12.1 Å². The van der Waals surface area contributed by atoms with Gasteiger partial charge in [-0.15, -0.1) is 0 Å². The van der Waals surface area contributed by atoms with Crippen molar-refractivity contribution in [2.75, 3.05) is 32.7 Å². The molecule has 4 nitrogen and oxygen atoms in total. The standard InChI is InChI=1S/C17H23ClN2O2/c18-14-12-16-15(21-17(22-16)4-1-2-5-17)11-13(14)3-8-20-9-6-19-7-10-20/h11-12,19H,1-10H2. The van der Waals surface area contributed by atoms with Crippen LogP contribution in [0, 0.1) is 0 Å². The lowest BCUT2D eigenvalue weighted by molar-refractivity contribution is -0.0716. The van der Waals surface area contributed by atoms with E-state index in [0.717, 1.165) is 74.1 Å². The molecule has 2 fully saturated rings. The molecule has 2 aliphatic heterocycles. The Balaban J connectivity index is 1.46. The second-order valence-electron chi connectivity index (χ2n) is 6.55. The Morgan fingerprint density at radius 1 is 1.09 bits per heavy atom. The average molecular weight is 323 g/mol. The number of benzene rings is 1. The molecular formula is C17H23ClN2O2. The highest BCUT2D eigenvalue weighted by atomic mass is 35.5. The van der Waals surface area contributed by atoms with Crippen molar-refractivity contribution < 1.29 is 9.47 Å². The number of fused-ring (bicyclic) bond motifs is 1. The predicted octanol–water partition coefficient (Wildman–Crippen LogP) is 2.83. The van der Waals surface area contributed by atoms with Crippen LogP contribution >= 0.6 is 11.6 Å². The van der Waals surface area contributed by atoms with Crippen LogP contribution in [-0.4, -0.2) is 43.4 Å². The fourth-order valence-electron chi connectivity index (χ4n) is 3.68. The maximum absolute atomic E-state index is 6.45. The molecule has 1 N–H and O–H groups in total. The molecule has 1 aromatic carbocycles. The summed E-state index contributed by atoms with van der Waals surface area (Å²) in [4.78, 5) is 2.48. The van der Waals surface area contributed by atoms with E-state index in [9.17, 15) is 0 Å². The molecule has 5 heteroatoms. The summed E-state index contributed by atoms with van der Waals surface area (Å²) >= 11 is 6.45. The smallest absolute Gasteiger partial charge is 0.251 e. The van der Waals surface area contributed by atoms with E-state index in [2.05, 4.69) is 16.3 Å². The van der Waals surface area contributed by atoms with Crippen molar-refractivity contribution in [1.82, 2.24) is 10.2 Å². The summed E-state index contributed by atoms with van der Waals surface area (Å²) in [6.45, 7) is 5.44. The van der Waals surface area contributed by atoms with Crippen molar-refractivity contribution in [2.24, 2.45) is 0 Å². The summed E-state index contributed by atoms with van der Waals surface area (Å²) in [6.07, 6.45) is 5.28. The zero-order chi connectivity index (χ0) is 15.0. The van der Waals surface area contributed by atoms with Gasteiger partial charge in [-0.1, -0.05) is 11.6 Å². The maximum Gasteiger partial charge on any atom is 0.251 e. The van der Waals surface area contributed by atoms with E-state index < -0.39 is 5.79 Å². The fourth-order valence-corrected chi connectivity index (χ4v) is 3.93. The van der Waals surface area contributed by atoms with Gasteiger partial charge >= 0.3 is 0 Å². The molecule has 22 heavy (non-hydrogen) atoms. The monoisotopic (exact) mass is 322 g/mol. The summed E-state index contributed by atoms with van der Waals surface area (Å²) in [5, 5.41) is 4.18. The Morgan fingerprint density at radius 3 is 2.50 bits per heavy atom. The number of hydrogen-bond donors (Lipinski definition) is 1. The van der Waals surface area contributed by atoms with E-state index in [1.807, 2.05) is 6.07 Å². The second-order valence-corrected chi connectivity index (χ2v) is 6.96. The van der Waals surface area contributed by atoms with Gasteiger partial charge in [-0.05, 0) is 30.9 Å². The molecule has 0 atom stereocenters. The minimum atomic E-state index is -0.400. The van der Waals surface area contributed by atoms with Crippen molar-refractivity contribution in [3.05, 3.63) is 22.7 Å². The summed E-state index contributed by atoms with van der Waals surface area (Å²) in [7, 11) is 0. The van der Waals surface area contributed by atoms with Gasteiger partial charge in [-0.3, -0.25) is 0 Å². The molecular weight excluding hydrogens is 300 g/mol. The third-order valence-corrected chi connectivity index (χ3v) is 5.33. The molecule has 2 heterocycles. The van der Waals surface area contributed by atoms with Gasteiger partial charge in [0.1, 0.15) is 0 Å². The quantitative estimate of drug-likeness (QED) is 0.928. The Bertz CT molecular complexity index is 552. The van der Waals surface area contributed by atoms with E-state index in [1.54, 1.807) is 0 Å². The lowest BCUT2D eigenvalue weighted by Gasteiger charge is -2.27. The molecule has 0 unspecified atom stereocenters. The Morgan fingerprint density at radius 2 is 1.77 bits per heavy atom. The number of nitrogens with zero attached hydrogens (tertiary/aromatic N) is 1. The molecule has 1 saturated carbocycles. The molecule has 1 spiro atoms. The summed E-state index contributed by atoms with van der Waals surface area (Å²) in [6, 6.07) is 4.03. The topological polar surface area (TPSA) is 33.7 Å². The van der Waals surface area contributed by atoms with Gasteiger partial charge in [0, 0.05) is 56.7 Å². The van der Waals surface area contributed by atoms with Gasteiger partial charge in [-0.2, -0.15) is 0 Å². The van der Waals surface area contributed by atoms with Crippen LogP contribution in [0.5, 0.6) is 11.5 Å². The minimum absolute atomic E-state index is 0.400. The van der Waals surface area contributed by atoms with Gasteiger partial charge in [0.05, 0.1) is 0 Å². The first-order valence-electron chi connectivity index (χ1n) is 8.38. The molecule has 1 saturated heterocycles. The van der Waals surface area contributed by atoms with Gasteiger partial charge in [0.15, 0.2) is 11.5 Å². The molecule has 1 aromatic rings. The van der Waals surface area contributed by atoms with E-state index in [0.29, 0.717) is 0 Å². The fraction of sp³-hybridized carbons (Fsp3) is 0.647. The number of rotatable bonds is 3. The number of nitrogens with one attached hydrogen (secondary N) is 1. The van der Waals surface area contributed by atoms with Crippen molar-refractivity contribution in [1.29, 1.82) is 0 Å². The molecule has 3 aliphatic rings. The Labute approximate surface area is 136 Å². The van der Waals surface area contributed by atoms with E-state index >= 15 is 0 Å². The lowest BCUT2D eigenvalue weighted by atomic mass is 10.1. The molecule has 1 aliphatic carbocycles. The van der Waals surface area contributed by atoms with Crippen LogP contribution in [0.1, 0.15) is 31.2 Å². The van der Waals surface area contributed by atoms with Gasteiger partial charge < -0.3 is 19.7 Å². The zero-order valence-electron chi connectivity index (χ0n) is 12.9. The highest BCUT2D eigenvalue weighted by Gasteiger charge is 2.44. The maximum atomic E-state index is 6.45. The lowest BCUT2D eigenvalue weighted by Crippen LogP contribution is -2.44. The number of halogens is 1. The van der Waals surface area contributed by atoms with Crippen molar-refractivity contribution in [2.45, 2.75) is 37.9 Å². The first-order chi connectivity index (χ1) is 10.7. The second kappa shape index (κ2) is 5.91. The van der Waals surface area contributed by atoms with Crippen molar-refractivity contribution in [3.63, 3.8) is 0 Å². The Hall–Kier alpha value is -0.970. The van der Waals surface area contributed by atoms with Gasteiger partial charge in [-0.25, -0.2) is 0 Å². The van der Waals surface area contributed by atoms with Crippen LogP contribution in [0.25, 0.3) is 0 Å². The van der Waals surface area contributed by atoms with Crippen LogP contribution in [0.4, 0.5) is 0 Å². The van der Waals surface area contributed by atoms with E-state index in [-0.39, 0.29) is 0 Å². The third-order valence-electron chi connectivity index (χ3n) is 4.98. The van der Waals surface area contributed by atoms with Crippen LogP contribution in [0.2, 0.25) is 5.02 Å². The highest BCUT2D eigenvalue weighted by Crippen LogP contribution is 2.48. The van der Waals surface area contributed by atoms with E-state index in [4.69, 9.17) is 21.1 Å². The summed E-state index contributed by atoms with van der Waals surface area (Å²) in [5.74, 6) is 1.29. The first-order valence-corrected chi connectivity index (χ1v) is 8.75. The molecule has 0 radical (unpaired) electrons. The largest absolute Gasteiger partial charge is 0.448 e. The molecule has 4 rings (SSSR count). The van der Waals surface area contributed by atoms with Crippen LogP contribution in [0.3, 0.4) is 0 Å². The molecule has 0 amide bonds. The Kier molecular flexibility index (Phi) is 3.93. The minimum Gasteiger partial charge on any atom is -0.448 e. The first kappa shape index (κ1) is 14.6. The van der Waals surface area contributed by atoms with Gasteiger partial charge in [0.25, 0.3) is 5.79 Å². The van der Waals surface area contributed by atoms with Crippen LogP contribution in [-0.2, 0) is 6.42 Å². The molecule has 0 bridgehead atoms. The van der Waals surface area contributed by atoms with Crippen molar-refractivity contribution in [3.8, 4) is 11.5 Å². The predicted molar refractivity (Wildman–Crippen MR) is 86.9 cm³/mol. The van der Waals surface area contributed by atoms with Crippen LogP contribution < -0.4 is 14.8 Å². The van der Waals surface area contributed by atoms with E-state index in [1.165, 1.54) is 12.8 Å². The SMILES string of the molecule is Clc1cc2c(cc1CCN1CCNCC1)OC1(CCCC1)O2. The average Bonchev–Trinajstić information content (AvgIpc) is 3.12. The van der Waals surface area contributed by atoms with Crippen molar-refractivity contribution >= 4 is 11.6 Å². The molecule has 0 aromatic heterocycles. The zero-order valence-corrected chi connectivity index (χ0v) is 13.6. The third kappa shape index (κ3) is 2.80.